The van der Waals surface area contributed by atoms with Gasteiger partial charge in [0, 0.05) is 35.4 Å². The molecule has 2 nitrogen and oxygen atoms in total. The number of hydrogen-bond acceptors (Lipinski definition) is 2. The van der Waals surface area contributed by atoms with E-state index in [0.717, 1.165) is 26.9 Å². The van der Waals surface area contributed by atoms with Crippen molar-refractivity contribution >= 4 is 27.4 Å². The molecule has 0 spiro atoms. The lowest BCUT2D eigenvalue weighted by Gasteiger charge is -2.12. The summed E-state index contributed by atoms with van der Waals surface area (Å²) in [6.45, 7) is 1.95. The molecule has 3 heteroatoms. The summed E-state index contributed by atoms with van der Waals surface area (Å²) in [5.41, 5.74) is 3.54. The van der Waals surface area contributed by atoms with E-state index in [-0.39, 0.29) is 5.78 Å². The summed E-state index contributed by atoms with van der Waals surface area (Å²) in [5, 5.41) is 0. The molecule has 0 aromatic heterocycles. The van der Waals surface area contributed by atoms with E-state index in [0.29, 0.717) is 0 Å². The Hall–Kier alpha value is -1.61. The number of anilines is 1. The maximum Gasteiger partial charge on any atom is 0.193 e. The molecule has 0 atom stereocenters. The number of halogens is 1. The Morgan fingerprint density at radius 2 is 1.68 bits per heavy atom. The number of carbonyl (C=O) groups is 1. The summed E-state index contributed by atoms with van der Waals surface area (Å²) in [4.78, 5) is 14.4. The Kier molecular flexibility index (Phi) is 4.05. The molecule has 0 amide bonds. The molecule has 98 valence electrons. The van der Waals surface area contributed by atoms with Crippen molar-refractivity contribution in [1.29, 1.82) is 0 Å². The molecule has 0 unspecified atom stereocenters. The van der Waals surface area contributed by atoms with E-state index >= 15 is 0 Å². The fraction of sp³-hybridized carbons (Fsp3) is 0.188. The van der Waals surface area contributed by atoms with Crippen molar-refractivity contribution < 1.29 is 4.79 Å². The van der Waals surface area contributed by atoms with Crippen molar-refractivity contribution in [1.82, 2.24) is 0 Å². The van der Waals surface area contributed by atoms with Crippen LogP contribution in [0.2, 0.25) is 0 Å². The maximum atomic E-state index is 12.4. The highest BCUT2D eigenvalue weighted by molar-refractivity contribution is 9.10. The van der Waals surface area contributed by atoms with Crippen LogP contribution in [0.5, 0.6) is 0 Å². The first-order chi connectivity index (χ1) is 8.99. The van der Waals surface area contributed by atoms with Crippen LogP contribution in [0.4, 0.5) is 5.69 Å². The van der Waals surface area contributed by atoms with Crippen molar-refractivity contribution in [2.24, 2.45) is 0 Å². The highest BCUT2D eigenvalue weighted by Gasteiger charge is 2.11. The van der Waals surface area contributed by atoms with Crippen molar-refractivity contribution in [2.75, 3.05) is 19.0 Å². The van der Waals surface area contributed by atoms with Gasteiger partial charge in [0.05, 0.1) is 0 Å². The second-order valence-corrected chi connectivity index (χ2v) is 5.65. The zero-order valence-electron chi connectivity index (χ0n) is 11.3. The number of carbonyl (C=O) groups excluding carboxylic acids is 1. The maximum absolute atomic E-state index is 12.4. The summed E-state index contributed by atoms with van der Waals surface area (Å²) >= 11 is 3.41. The molecule has 0 aliphatic heterocycles. The minimum atomic E-state index is 0.0651. The Bertz CT molecular complexity index is 603. The molecule has 0 aliphatic carbocycles. The number of hydrogen-bond donors (Lipinski definition) is 0. The zero-order valence-corrected chi connectivity index (χ0v) is 12.9. The van der Waals surface area contributed by atoms with E-state index in [1.807, 2.05) is 68.4 Å². The van der Waals surface area contributed by atoms with E-state index in [2.05, 4.69) is 15.9 Å². The lowest BCUT2D eigenvalue weighted by molar-refractivity contribution is 0.103. The highest BCUT2D eigenvalue weighted by Crippen LogP contribution is 2.20. The van der Waals surface area contributed by atoms with Crippen LogP contribution in [-0.2, 0) is 0 Å². The molecule has 2 aromatic carbocycles. The van der Waals surface area contributed by atoms with Crippen LogP contribution < -0.4 is 4.90 Å². The third kappa shape index (κ3) is 3.04. The number of aryl methyl sites for hydroxylation is 1. The van der Waals surface area contributed by atoms with E-state index in [4.69, 9.17) is 0 Å². The number of benzene rings is 2. The van der Waals surface area contributed by atoms with Crippen molar-refractivity contribution in [3.63, 3.8) is 0 Å². The Morgan fingerprint density at radius 1 is 1.05 bits per heavy atom. The molecule has 0 bridgehead atoms. The van der Waals surface area contributed by atoms with Gasteiger partial charge >= 0.3 is 0 Å². The fourth-order valence-electron chi connectivity index (χ4n) is 1.95. The monoisotopic (exact) mass is 317 g/mol. The lowest BCUT2D eigenvalue weighted by atomic mass is 9.99. The third-order valence-electron chi connectivity index (χ3n) is 3.08. The second kappa shape index (κ2) is 5.57. The largest absolute Gasteiger partial charge is 0.378 e. The average molecular weight is 318 g/mol. The van der Waals surface area contributed by atoms with Gasteiger partial charge in [-0.05, 0) is 55.0 Å². The minimum absolute atomic E-state index is 0.0651. The van der Waals surface area contributed by atoms with E-state index in [1.165, 1.54) is 0 Å². The second-order valence-electron chi connectivity index (χ2n) is 4.73. The van der Waals surface area contributed by atoms with Gasteiger partial charge in [-0.3, -0.25) is 4.79 Å². The fourth-order valence-corrected chi connectivity index (χ4v) is 2.42. The van der Waals surface area contributed by atoms with Crippen molar-refractivity contribution in [2.45, 2.75) is 6.92 Å². The molecule has 0 aliphatic rings. The first-order valence-corrected chi connectivity index (χ1v) is 6.86. The predicted octanol–water partition coefficient (Wildman–Crippen LogP) is 4.05. The number of ketones is 1. The van der Waals surface area contributed by atoms with Crippen LogP contribution in [0.3, 0.4) is 0 Å². The summed E-state index contributed by atoms with van der Waals surface area (Å²) in [5.74, 6) is 0.0651. The molecule has 0 saturated heterocycles. The van der Waals surface area contributed by atoms with Gasteiger partial charge in [-0.15, -0.1) is 0 Å². The predicted molar refractivity (Wildman–Crippen MR) is 83.1 cm³/mol. The third-order valence-corrected chi connectivity index (χ3v) is 3.57. The first-order valence-electron chi connectivity index (χ1n) is 6.07. The summed E-state index contributed by atoms with van der Waals surface area (Å²) in [7, 11) is 3.96. The quantitative estimate of drug-likeness (QED) is 0.796. The normalized spacial score (nSPS) is 10.3. The Balaban J connectivity index is 2.33. The van der Waals surface area contributed by atoms with E-state index < -0.39 is 0 Å². The molecule has 0 N–H and O–H groups in total. The summed E-state index contributed by atoms with van der Waals surface area (Å²) in [6.07, 6.45) is 0. The van der Waals surface area contributed by atoms with Gasteiger partial charge in [-0.2, -0.15) is 0 Å². The van der Waals surface area contributed by atoms with Gasteiger partial charge in [0.1, 0.15) is 0 Å². The lowest BCUT2D eigenvalue weighted by Crippen LogP contribution is -2.09. The molecule has 19 heavy (non-hydrogen) atoms. The highest BCUT2D eigenvalue weighted by atomic mass is 79.9. The topological polar surface area (TPSA) is 20.3 Å². The van der Waals surface area contributed by atoms with E-state index in [9.17, 15) is 4.79 Å². The first kappa shape index (κ1) is 13.8. The Labute approximate surface area is 122 Å². The number of rotatable bonds is 3. The molecule has 0 heterocycles. The van der Waals surface area contributed by atoms with E-state index in [1.54, 1.807) is 0 Å². The van der Waals surface area contributed by atoms with Crippen LogP contribution in [0.25, 0.3) is 0 Å². The zero-order chi connectivity index (χ0) is 14.0. The Morgan fingerprint density at radius 3 is 2.21 bits per heavy atom. The summed E-state index contributed by atoms with van der Waals surface area (Å²) in [6, 6.07) is 13.4. The SMILES string of the molecule is Cc1cc(Br)ccc1C(=O)c1ccc(N(C)C)cc1. The van der Waals surface area contributed by atoms with Gasteiger partial charge in [-0.1, -0.05) is 15.9 Å². The van der Waals surface area contributed by atoms with Gasteiger partial charge in [0.15, 0.2) is 5.78 Å². The van der Waals surface area contributed by atoms with Crippen LogP contribution in [0.15, 0.2) is 46.9 Å². The van der Waals surface area contributed by atoms with Crippen LogP contribution in [-0.4, -0.2) is 19.9 Å². The molecular formula is C16H16BrNO. The molecule has 0 radical (unpaired) electrons. The number of nitrogens with zero attached hydrogens (tertiary/aromatic N) is 1. The molecule has 2 rings (SSSR count). The molecule has 0 saturated carbocycles. The van der Waals surface area contributed by atoms with Crippen molar-refractivity contribution in [3.8, 4) is 0 Å². The average Bonchev–Trinajstić information content (AvgIpc) is 2.38. The smallest absolute Gasteiger partial charge is 0.193 e. The van der Waals surface area contributed by atoms with Crippen LogP contribution in [0.1, 0.15) is 21.5 Å². The molecule has 0 fully saturated rings. The van der Waals surface area contributed by atoms with Crippen molar-refractivity contribution in [3.05, 3.63) is 63.6 Å². The molecular weight excluding hydrogens is 302 g/mol. The van der Waals surface area contributed by atoms with Gasteiger partial charge in [0.2, 0.25) is 0 Å². The summed E-state index contributed by atoms with van der Waals surface area (Å²) < 4.78 is 0.990. The van der Waals surface area contributed by atoms with Gasteiger partial charge in [0.25, 0.3) is 0 Å². The van der Waals surface area contributed by atoms with Crippen LogP contribution >= 0.6 is 15.9 Å². The van der Waals surface area contributed by atoms with Gasteiger partial charge in [-0.25, -0.2) is 0 Å². The van der Waals surface area contributed by atoms with Crippen LogP contribution in [0, 0.1) is 6.92 Å². The minimum Gasteiger partial charge on any atom is -0.378 e. The van der Waals surface area contributed by atoms with Gasteiger partial charge < -0.3 is 4.90 Å². The standard InChI is InChI=1S/C16H16BrNO/c1-11-10-13(17)6-9-15(11)16(19)12-4-7-14(8-5-12)18(2)3/h4-10H,1-3H3. The molecule has 2 aromatic rings.